The predicted octanol–water partition coefficient (Wildman–Crippen LogP) is 2.01. The fourth-order valence-corrected chi connectivity index (χ4v) is 4.98. The highest BCUT2D eigenvalue weighted by atomic mass is 16.2. The molecule has 0 aromatic carbocycles. The molecule has 0 saturated carbocycles. The first kappa shape index (κ1) is 25.2. The van der Waals surface area contributed by atoms with E-state index >= 15 is 0 Å². The van der Waals surface area contributed by atoms with Crippen molar-refractivity contribution in [3.05, 3.63) is 51.2 Å². The predicted molar refractivity (Wildman–Crippen MR) is 134 cm³/mol. The van der Waals surface area contributed by atoms with Crippen LogP contribution in [0.3, 0.4) is 0 Å². The standard InChI is InChI=1S/C26H38N6O3/c1-18(2)10-14-32-22-8-7-20-15-21(22)25(30-32)26(35)27-11-4-13-31(12-3-5-24(34)29-20)17-19-6-9-23(33)28-16-19/h6,9,16,18,20H,3-5,7-8,10-15,17H2,1-2H3,(H,27,35)(H,28,33)(H,29,34). The number of nitrogens with zero attached hydrogens (tertiary/aromatic N) is 3. The molecule has 3 N–H and O–H groups in total. The lowest BCUT2D eigenvalue weighted by molar-refractivity contribution is -0.122. The van der Waals surface area contributed by atoms with Crippen molar-refractivity contribution in [2.75, 3.05) is 19.6 Å². The molecule has 0 spiro atoms. The van der Waals surface area contributed by atoms with Crippen LogP contribution in [0.2, 0.25) is 0 Å². The van der Waals surface area contributed by atoms with Crippen molar-refractivity contribution in [1.82, 2.24) is 30.3 Å². The molecule has 9 heteroatoms. The van der Waals surface area contributed by atoms with Crippen molar-refractivity contribution in [3.63, 3.8) is 0 Å². The van der Waals surface area contributed by atoms with E-state index < -0.39 is 0 Å². The van der Waals surface area contributed by atoms with Gasteiger partial charge in [-0.25, -0.2) is 0 Å². The number of fused-ring (bicyclic) bond motifs is 1. The Hall–Kier alpha value is -2.94. The lowest BCUT2D eigenvalue weighted by atomic mass is 9.91. The number of aromatic amines is 1. The second kappa shape index (κ2) is 11.7. The van der Waals surface area contributed by atoms with Crippen LogP contribution in [0, 0.1) is 5.92 Å². The second-order valence-corrected chi connectivity index (χ2v) is 10.2. The number of H-pyrrole nitrogens is 1. The molecule has 1 atom stereocenters. The van der Waals surface area contributed by atoms with Crippen molar-refractivity contribution >= 4 is 11.8 Å². The molecule has 9 nitrogen and oxygen atoms in total. The number of hydrogen-bond donors (Lipinski definition) is 3. The average molecular weight is 483 g/mol. The summed E-state index contributed by atoms with van der Waals surface area (Å²) in [5.74, 6) is 0.501. The number of aromatic nitrogens is 3. The molecule has 0 radical (unpaired) electrons. The molecule has 2 amide bonds. The van der Waals surface area contributed by atoms with Crippen LogP contribution in [0.4, 0.5) is 0 Å². The van der Waals surface area contributed by atoms with Gasteiger partial charge in [0.15, 0.2) is 5.69 Å². The van der Waals surface area contributed by atoms with Gasteiger partial charge in [0, 0.05) is 62.2 Å². The molecule has 190 valence electrons. The van der Waals surface area contributed by atoms with Crippen LogP contribution in [0.15, 0.2) is 23.1 Å². The zero-order valence-electron chi connectivity index (χ0n) is 20.9. The van der Waals surface area contributed by atoms with Crippen molar-refractivity contribution in [1.29, 1.82) is 0 Å². The fraction of sp³-hybridized carbons (Fsp3) is 0.615. The zero-order chi connectivity index (χ0) is 24.8. The quantitative estimate of drug-likeness (QED) is 0.604. The van der Waals surface area contributed by atoms with Crippen LogP contribution < -0.4 is 16.2 Å². The second-order valence-electron chi connectivity index (χ2n) is 10.2. The van der Waals surface area contributed by atoms with E-state index in [4.69, 9.17) is 5.10 Å². The van der Waals surface area contributed by atoms with Gasteiger partial charge in [0.1, 0.15) is 0 Å². The van der Waals surface area contributed by atoms with E-state index in [2.05, 4.69) is 34.4 Å². The average Bonchev–Trinajstić information content (AvgIpc) is 3.19. The SMILES string of the molecule is CC(C)CCn1nc2c3c1CCC(C3)NC(=O)CCCN(Cc1ccc(=O)[nH]c1)CCCNC2=O. The smallest absolute Gasteiger partial charge is 0.272 e. The highest BCUT2D eigenvalue weighted by Gasteiger charge is 2.30. The molecular weight excluding hydrogens is 444 g/mol. The van der Waals surface area contributed by atoms with Gasteiger partial charge < -0.3 is 15.6 Å². The highest BCUT2D eigenvalue weighted by Crippen LogP contribution is 2.26. The van der Waals surface area contributed by atoms with Crippen LogP contribution in [0.1, 0.15) is 73.3 Å². The van der Waals surface area contributed by atoms with Crippen molar-refractivity contribution in [3.8, 4) is 0 Å². The Morgan fingerprint density at radius 1 is 1.11 bits per heavy atom. The first-order chi connectivity index (χ1) is 16.9. The minimum atomic E-state index is -0.126. The van der Waals surface area contributed by atoms with E-state index in [-0.39, 0.29) is 23.4 Å². The fourth-order valence-electron chi connectivity index (χ4n) is 4.98. The summed E-state index contributed by atoms with van der Waals surface area (Å²) in [4.78, 5) is 42.2. The van der Waals surface area contributed by atoms with Crippen LogP contribution in [0.25, 0.3) is 0 Å². The topological polar surface area (TPSA) is 112 Å². The van der Waals surface area contributed by atoms with Gasteiger partial charge in [-0.1, -0.05) is 19.9 Å². The molecule has 1 unspecified atom stereocenters. The molecule has 35 heavy (non-hydrogen) atoms. The molecule has 2 aromatic heterocycles. The molecule has 2 aromatic rings. The van der Waals surface area contributed by atoms with Gasteiger partial charge in [-0.15, -0.1) is 0 Å². The third-order valence-electron chi connectivity index (χ3n) is 6.91. The van der Waals surface area contributed by atoms with Crippen molar-refractivity contribution in [2.45, 2.75) is 77.9 Å². The number of pyridine rings is 1. The number of rotatable bonds is 5. The van der Waals surface area contributed by atoms with Crippen LogP contribution in [-0.4, -0.2) is 57.2 Å². The van der Waals surface area contributed by atoms with Crippen LogP contribution in [-0.2, 0) is 30.7 Å². The van der Waals surface area contributed by atoms with Gasteiger partial charge in [-0.3, -0.25) is 24.0 Å². The Balaban J connectivity index is 1.49. The first-order valence-electron chi connectivity index (χ1n) is 12.9. The Kier molecular flexibility index (Phi) is 8.38. The summed E-state index contributed by atoms with van der Waals surface area (Å²) in [7, 11) is 0. The summed E-state index contributed by atoms with van der Waals surface area (Å²) in [5, 5.41) is 11.0. The molecule has 2 aliphatic rings. The van der Waals surface area contributed by atoms with E-state index in [0.717, 1.165) is 68.6 Å². The molecule has 0 fully saturated rings. The van der Waals surface area contributed by atoms with Gasteiger partial charge in [0.25, 0.3) is 5.91 Å². The van der Waals surface area contributed by atoms with Gasteiger partial charge >= 0.3 is 0 Å². The molecular formula is C26H38N6O3. The third-order valence-corrected chi connectivity index (χ3v) is 6.91. The van der Waals surface area contributed by atoms with Crippen molar-refractivity contribution < 1.29 is 9.59 Å². The van der Waals surface area contributed by atoms with Crippen molar-refractivity contribution in [2.24, 2.45) is 5.92 Å². The molecule has 2 bridgehead atoms. The number of carbonyl (C=O) groups is 2. The lowest BCUT2D eigenvalue weighted by Crippen LogP contribution is -2.39. The van der Waals surface area contributed by atoms with Crippen LogP contribution in [0.5, 0.6) is 0 Å². The number of nitrogens with one attached hydrogen (secondary N) is 3. The van der Waals surface area contributed by atoms with Gasteiger partial charge in [0.05, 0.1) is 0 Å². The van der Waals surface area contributed by atoms with Gasteiger partial charge in [-0.05, 0) is 56.6 Å². The highest BCUT2D eigenvalue weighted by molar-refractivity contribution is 5.94. The van der Waals surface area contributed by atoms with Gasteiger partial charge in [0.2, 0.25) is 11.5 Å². The summed E-state index contributed by atoms with van der Waals surface area (Å²) in [6.45, 7) is 8.00. The maximum atomic E-state index is 13.1. The number of amides is 2. The summed E-state index contributed by atoms with van der Waals surface area (Å²) in [6, 6.07) is 3.40. The van der Waals surface area contributed by atoms with E-state index in [1.54, 1.807) is 6.20 Å². The molecule has 4 rings (SSSR count). The molecule has 1 aliphatic carbocycles. The maximum absolute atomic E-state index is 13.1. The first-order valence-corrected chi connectivity index (χ1v) is 12.9. The number of hydrogen-bond acceptors (Lipinski definition) is 5. The van der Waals surface area contributed by atoms with Gasteiger partial charge in [-0.2, -0.15) is 5.10 Å². The van der Waals surface area contributed by atoms with E-state index in [1.165, 1.54) is 6.07 Å². The zero-order valence-corrected chi connectivity index (χ0v) is 20.9. The summed E-state index contributed by atoms with van der Waals surface area (Å²) < 4.78 is 2.03. The summed E-state index contributed by atoms with van der Waals surface area (Å²) in [6.07, 6.45) is 7.13. The minimum Gasteiger partial charge on any atom is -0.353 e. The monoisotopic (exact) mass is 482 g/mol. The minimum absolute atomic E-state index is 0.0340. The largest absolute Gasteiger partial charge is 0.353 e. The maximum Gasteiger partial charge on any atom is 0.272 e. The summed E-state index contributed by atoms with van der Waals surface area (Å²) >= 11 is 0. The lowest BCUT2D eigenvalue weighted by Gasteiger charge is -2.25. The molecule has 0 saturated heterocycles. The van der Waals surface area contributed by atoms with Crippen LogP contribution >= 0.6 is 0 Å². The Bertz CT molecular complexity index is 1070. The Labute approximate surface area is 206 Å². The Morgan fingerprint density at radius 3 is 2.71 bits per heavy atom. The van der Waals surface area contributed by atoms with E-state index in [9.17, 15) is 14.4 Å². The normalized spacial score (nSPS) is 20.1. The molecule has 3 heterocycles. The Morgan fingerprint density at radius 2 is 1.94 bits per heavy atom. The number of aryl methyl sites for hydroxylation is 1. The number of carbonyl (C=O) groups excluding carboxylic acids is 2. The third kappa shape index (κ3) is 6.81. The van der Waals surface area contributed by atoms with E-state index in [0.29, 0.717) is 37.5 Å². The van der Waals surface area contributed by atoms with E-state index in [1.807, 2.05) is 10.7 Å². The molecule has 1 aliphatic heterocycles. The summed E-state index contributed by atoms with van der Waals surface area (Å²) in [5.41, 5.74) is 3.56.